The Kier molecular flexibility index (Phi) is 4.57. The largest absolute Gasteiger partial charge is 0.342 e. The zero-order chi connectivity index (χ0) is 18.1. The third-order valence-electron chi connectivity index (χ3n) is 5.31. The molecule has 6 heteroatoms. The number of carbonyl (C=O) groups excluding carboxylic acids is 1. The van der Waals surface area contributed by atoms with E-state index in [1.54, 1.807) is 6.92 Å². The van der Waals surface area contributed by atoms with E-state index in [0.29, 0.717) is 12.3 Å². The Morgan fingerprint density at radius 3 is 2.69 bits per heavy atom. The lowest BCUT2D eigenvalue weighted by Gasteiger charge is -2.31. The molecule has 1 amide bonds. The number of hydrogen-bond donors (Lipinski definition) is 0. The van der Waals surface area contributed by atoms with Crippen molar-refractivity contribution >= 4 is 11.9 Å². The summed E-state index contributed by atoms with van der Waals surface area (Å²) in [6.45, 7) is 7.34. The van der Waals surface area contributed by atoms with Gasteiger partial charge in [-0.25, -0.2) is 9.97 Å². The van der Waals surface area contributed by atoms with Crippen molar-refractivity contribution in [2.24, 2.45) is 0 Å². The molecule has 0 aliphatic carbocycles. The van der Waals surface area contributed by atoms with Crippen LogP contribution in [0.15, 0.2) is 24.4 Å². The van der Waals surface area contributed by atoms with E-state index >= 15 is 0 Å². The van der Waals surface area contributed by atoms with E-state index in [0.717, 1.165) is 55.6 Å². The first-order valence-corrected chi connectivity index (χ1v) is 9.38. The van der Waals surface area contributed by atoms with Gasteiger partial charge in [0.2, 0.25) is 11.9 Å². The van der Waals surface area contributed by atoms with Crippen molar-refractivity contribution in [3.8, 4) is 0 Å². The van der Waals surface area contributed by atoms with Gasteiger partial charge in [0.15, 0.2) is 0 Å². The van der Waals surface area contributed by atoms with Gasteiger partial charge in [0.25, 0.3) is 0 Å². The first-order chi connectivity index (χ1) is 12.6. The van der Waals surface area contributed by atoms with Crippen LogP contribution in [0.1, 0.15) is 48.3 Å². The van der Waals surface area contributed by atoms with E-state index < -0.39 is 0 Å². The molecule has 0 bridgehead atoms. The van der Waals surface area contributed by atoms with Crippen LogP contribution in [0.2, 0.25) is 0 Å². The van der Waals surface area contributed by atoms with Crippen LogP contribution in [-0.2, 0) is 11.2 Å². The highest BCUT2D eigenvalue weighted by Crippen LogP contribution is 2.29. The highest BCUT2D eigenvalue weighted by molar-refractivity contribution is 5.73. The second-order valence-corrected chi connectivity index (χ2v) is 7.38. The SMILES string of the molecule is CC(=O)N1CCC(c2cc(Cc3cc(C)ccn3)nc(N3CCC3)n2)C1. The minimum absolute atomic E-state index is 0.147. The molecule has 2 saturated heterocycles. The quantitative estimate of drug-likeness (QED) is 0.846. The fourth-order valence-corrected chi connectivity index (χ4v) is 3.63. The van der Waals surface area contributed by atoms with E-state index in [4.69, 9.17) is 9.97 Å². The molecule has 2 aliphatic rings. The molecule has 4 rings (SSSR count). The average molecular weight is 351 g/mol. The molecule has 4 heterocycles. The number of hydrogen-bond acceptors (Lipinski definition) is 5. The first-order valence-electron chi connectivity index (χ1n) is 9.38. The van der Waals surface area contributed by atoms with Crippen LogP contribution in [0.4, 0.5) is 5.95 Å². The maximum atomic E-state index is 11.7. The molecule has 136 valence electrons. The van der Waals surface area contributed by atoms with Crippen LogP contribution >= 0.6 is 0 Å². The summed E-state index contributed by atoms with van der Waals surface area (Å²) >= 11 is 0. The van der Waals surface area contributed by atoms with Crippen molar-refractivity contribution in [2.45, 2.75) is 39.0 Å². The summed E-state index contributed by atoms with van der Waals surface area (Å²) < 4.78 is 0. The van der Waals surface area contributed by atoms with E-state index in [9.17, 15) is 4.79 Å². The van der Waals surface area contributed by atoms with Crippen molar-refractivity contribution in [3.05, 3.63) is 47.0 Å². The molecule has 0 spiro atoms. The predicted octanol–water partition coefficient (Wildman–Crippen LogP) is 2.32. The van der Waals surface area contributed by atoms with Gasteiger partial charge in [-0.05, 0) is 43.5 Å². The summed E-state index contributed by atoms with van der Waals surface area (Å²) in [5.41, 5.74) is 4.31. The monoisotopic (exact) mass is 351 g/mol. The number of likely N-dealkylation sites (tertiary alicyclic amines) is 1. The molecule has 0 saturated carbocycles. The molecular formula is C20H25N5O. The highest BCUT2D eigenvalue weighted by atomic mass is 16.2. The third-order valence-corrected chi connectivity index (χ3v) is 5.31. The fraction of sp³-hybridized carbons (Fsp3) is 0.500. The van der Waals surface area contributed by atoms with Gasteiger partial charge in [-0.3, -0.25) is 9.78 Å². The maximum Gasteiger partial charge on any atom is 0.225 e. The van der Waals surface area contributed by atoms with Crippen LogP contribution in [0, 0.1) is 6.92 Å². The Morgan fingerprint density at radius 1 is 1.19 bits per heavy atom. The second-order valence-electron chi connectivity index (χ2n) is 7.38. The lowest BCUT2D eigenvalue weighted by atomic mass is 10.0. The molecule has 2 fully saturated rings. The van der Waals surface area contributed by atoms with Crippen molar-refractivity contribution < 1.29 is 4.79 Å². The smallest absolute Gasteiger partial charge is 0.225 e. The fourth-order valence-electron chi connectivity index (χ4n) is 3.63. The summed E-state index contributed by atoms with van der Waals surface area (Å²) in [4.78, 5) is 29.9. The van der Waals surface area contributed by atoms with Gasteiger partial charge in [0.05, 0.1) is 11.4 Å². The highest BCUT2D eigenvalue weighted by Gasteiger charge is 2.28. The molecule has 6 nitrogen and oxygen atoms in total. The number of aromatic nitrogens is 3. The van der Waals surface area contributed by atoms with Crippen molar-refractivity contribution in [3.63, 3.8) is 0 Å². The number of pyridine rings is 1. The summed E-state index contributed by atoms with van der Waals surface area (Å²) in [6.07, 6.45) is 4.73. The first kappa shape index (κ1) is 16.9. The number of carbonyl (C=O) groups is 1. The van der Waals surface area contributed by atoms with Crippen LogP contribution in [0.25, 0.3) is 0 Å². The normalized spacial score (nSPS) is 19.5. The molecule has 0 aromatic carbocycles. The molecule has 2 aliphatic heterocycles. The van der Waals surface area contributed by atoms with E-state index in [1.165, 1.54) is 12.0 Å². The van der Waals surface area contributed by atoms with Gasteiger partial charge in [0.1, 0.15) is 0 Å². The second kappa shape index (κ2) is 7.02. The summed E-state index contributed by atoms with van der Waals surface area (Å²) in [6, 6.07) is 6.23. The molecule has 2 aromatic heterocycles. The van der Waals surface area contributed by atoms with Crippen molar-refractivity contribution in [2.75, 3.05) is 31.1 Å². The van der Waals surface area contributed by atoms with E-state index in [1.807, 2.05) is 17.2 Å². The Morgan fingerprint density at radius 2 is 2.04 bits per heavy atom. The molecule has 1 atom stereocenters. The molecule has 0 radical (unpaired) electrons. The predicted molar refractivity (Wildman–Crippen MR) is 100 cm³/mol. The van der Waals surface area contributed by atoms with Gasteiger partial charge in [-0.15, -0.1) is 0 Å². The third kappa shape index (κ3) is 3.54. The van der Waals surface area contributed by atoms with E-state index in [2.05, 4.69) is 28.9 Å². The number of amides is 1. The maximum absolute atomic E-state index is 11.7. The average Bonchev–Trinajstić information content (AvgIpc) is 3.03. The summed E-state index contributed by atoms with van der Waals surface area (Å²) in [5.74, 6) is 1.28. The Bertz CT molecular complexity index is 818. The van der Waals surface area contributed by atoms with E-state index in [-0.39, 0.29) is 5.91 Å². The minimum atomic E-state index is 0.147. The van der Waals surface area contributed by atoms with Crippen LogP contribution < -0.4 is 4.90 Å². The van der Waals surface area contributed by atoms with Gasteiger partial charge < -0.3 is 9.80 Å². The zero-order valence-electron chi connectivity index (χ0n) is 15.5. The number of aryl methyl sites for hydroxylation is 1. The minimum Gasteiger partial charge on any atom is -0.342 e. The lowest BCUT2D eigenvalue weighted by Crippen LogP contribution is -2.38. The zero-order valence-corrected chi connectivity index (χ0v) is 15.5. The van der Waals surface area contributed by atoms with Crippen LogP contribution in [0.3, 0.4) is 0 Å². The van der Waals surface area contributed by atoms with Crippen LogP contribution in [0.5, 0.6) is 0 Å². The van der Waals surface area contributed by atoms with Crippen molar-refractivity contribution in [1.29, 1.82) is 0 Å². The van der Waals surface area contributed by atoms with Gasteiger partial charge in [-0.1, -0.05) is 0 Å². The molecule has 2 aromatic rings. The number of rotatable bonds is 4. The molecular weight excluding hydrogens is 326 g/mol. The Hall–Kier alpha value is -2.50. The van der Waals surface area contributed by atoms with Crippen LogP contribution in [-0.4, -0.2) is 51.9 Å². The standard InChI is InChI=1S/C20H25N5O/c1-14-4-6-21-17(10-14)11-18-12-19(16-5-9-25(13-16)15(2)26)23-20(22-18)24-7-3-8-24/h4,6,10,12,16H,3,5,7-9,11,13H2,1-2H3. The van der Waals surface area contributed by atoms with Crippen molar-refractivity contribution in [1.82, 2.24) is 19.9 Å². The van der Waals surface area contributed by atoms with Gasteiger partial charge in [0, 0.05) is 57.3 Å². The Balaban J connectivity index is 1.62. The number of anilines is 1. The molecule has 26 heavy (non-hydrogen) atoms. The molecule has 0 N–H and O–H groups in total. The topological polar surface area (TPSA) is 62.2 Å². The van der Waals surface area contributed by atoms with Gasteiger partial charge in [-0.2, -0.15) is 0 Å². The summed E-state index contributed by atoms with van der Waals surface area (Å²) in [7, 11) is 0. The van der Waals surface area contributed by atoms with Gasteiger partial charge >= 0.3 is 0 Å². The number of nitrogens with zero attached hydrogens (tertiary/aromatic N) is 5. The Labute approximate surface area is 154 Å². The summed E-state index contributed by atoms with van der Waals surface area (Å²) in [5, 5.41) is 0. The lowest BCUT2D eigenvalue weighted by molar-refractivity contribution is -0.127. The molecule has 1 unspecified atom stereocenters.